The third-order valence-electron chi connectivity index (χ3n) is 3.49. The van der Waals surface area contributed by atoms with Gasteiger partial charge in [0.1, 0.15) is 0 Å². The molecule has 0 aliphatic rings. The highest BCUT2D eigenvalue weighted by molar-refractivity contribution is 5.91. The smallest absolute Gasteiger partial charge is 0.244 e. The van der Waals surface area contributed by atoms with E-state index in [1.807, 2.05) is 54.6 Å². The SMILES string of the molecule is O=C(/C=C/c1ccccc1)NCc1ccnc(-c2ccncc2)c1. The van der Waals surface area contributed by atoms with E-state index >= 15 is 0 Å². The summed E-state index contributed by atoms with van der Waals surface area (Å²) in [6.45, 7) is 0.457. The van der Waals surface area contributed by atoms with Gasteiger partial charge in [0.05, 0.1) is 5.69 Å². The van der Waals surface area contributed by atoms with Crippen LogP contribution < -0.4 is 5.32 Å². The van der Waals surface area contributed by atoms with Gasteiger partial charge in [0, 0.05) is 36.8 Å². The summed E-state index contributed by atoms with van der Waals surface area (Å²) in [5.74, 6) is -0.124. The summed E-state index contributed by atoms with van der Waals surface area (Å²) >= 11 is 0. The average Bonchev–Trinajstić information content (AvgIpc) is 2.66. The van der Waals surface area contributed by atoms with E-state index in [9.17, 15) is 4.79 Å². The molecule has 0 saturated carbocycles. The highest BCUT2D eigenvalue weighted by Crippen LogP contribution is 2.16. The number of carbonyl (C=O) groups is 1. The van der Waals surface area contributed by atoms with Crippen LogP contribution in [0.5, 0.6) is 0 Å². The van der Waals surface area contributed by atoms with Crippen LogP contribution in [-0.2, 0) is 11.3 Å². The Morgan fingerprint density at radius 1 is 1.00 bits per heavy atom. The lowest BCUT2D eigenvalue weighted by Gasteiger charge is -2.05. The molecule has 24 heavy (non-hydrogen) atoms. The Morgan fingerprint density at radius 3 is 2.58 bits per heavy atom. The first kappa shape index (κ1) is 15.6. The zero-order chi connectivity index (χ0) is 16.6. The first-order valence-electron chi connectivity index (χ1n) is 7.67. The van der Waals surface area contributed by atoms with Crippen LogP contribution in [0.2, 0.25) is 0 Å². The normalized spacial score (nSPS) is 10.7. The third-order valence-corrected chi connectivity index (χ3v) is 3.49. The Hall–Kier alpha value is -3.27. The lowest BCUT2D eigenvalue weighted by atomic mass is 10.1. The number of benzene rings is 1. The predicted molar refractivity (Wildman–Crippen MR) is 94.8 cm³/mol. The molecule has 0 aliphatic carbocycles. The van der Waals surface area contributed by atoms with E-state index in [0.717, 1.165) is 22.4 Å². The predicted octanol–water partition coefficient (Wildman–Crippen LogP) is 3.47. The fraction of sp³-hybridized carbons (Fsp3) is 0.0500. The second-order valence-corrected chi connectivity index (χ2v) is 5.25. The minimum Gasteiger partial charge on any atom is -0.348 e. The highest BCUT2D eigenvalue weighted by Gasteiger charge is 2.02. The Bertz CT molecular complexity index is 830. The van der Waals surface area contributed by atoms with Crippen LogP contribution in [0.15, 0.2) is 79.3 Å². The highest BCUT2D eigenvalue weighted by atomic mass is 16.1. The van der Waals surface area contributed by atoms with Gasteiger partial charge in [-0.3, -0.25) is 14.8 Å². The zero-order valence-corrected chi connectivity index (χ0v) is 13.1. The molecule has 0 spiro atoms. The minimum absolute atomic E-state index is 0.124. The molecule has 1 N–H and O–H groups in total. The molecule has 0 saturated heterocycles. The van der Waals surface area contributed by atoms with Crippen LogP contribution in [0.25, 0.3) is 17.3 Å². The number of amides is 1. The molecular formula is C20H17N3O. The Balaban J connectivity index is 1.61. The molecule has 1 amide bonds. The first-order valence-corrected chi connectivity index (χ1v) is 7.67. The molecule has 0 unspecified atom stereocenters. The molecule has 4 heteroatoms. The summed E-state index contributed by atoms with van der Waals surface area (Å²) in [6, 6.07) is 17.4. The van der Waals surface area contributed by atoms with Gasteiger partial charge in [0.2, 0.25) is 5.91 Å². The molecule has 1 aromatic carbocycles. The van der Waals surface area contributed by atoms with Gasteiger partial charge in [-0.05, 0) is 41.5 Å². The summed E-state index contributed by atoms with van der Waals surface area (Å²) in [5.41, 5.74) is 3.86. The Kier molecular flexibility index (Phi) is 5.10. The van der Waals surface area contributed by atoms with E-state index in [0.29, 0.717) is 6.54 Å². The van der Waals surface area contributed by atoms with Crippen molar-refractivity contribution in [1.82, 2.24) is 15.3 Å². The van der Waals surface area contributed by atoms with Gasteiger partial charge in [-0.1, -0.05) is 30.3 Å². The maximum absolute atomic E-state index is 11.9. The molecule has 118 valence electrons. The number of rotatable bonds is 5. The monoisotopic (exact) mass is 315 g/mol. The third kappa shape index (κ3) is 4.36. The van der Waals surface area contributed by atoms with E-state index in [-0.39, 0.29) is 5.91 Å². The fourth-order valence-electron chi connectivity index (χ4n) is 2.25. The molecule has 3 aromatic rings. The second kappa shape index (κ2) is 7.83. The maximum Gasteiger partial charge on any atom is 0.244 e. The number of aromatic nitrogens is 2. The molecular weight excluding hydrogens is 298 g/mol. The number of hydrogen-bond donors (Lipinski definition) is 1. The lowest BCUT2D eigenvalue weighted by Crippen LogP contribution is -2.20. The lowest BCUT2D eigenvalue weighted by molar-refractivity contribution is -0.116. The van der Waals surface area contributed by atoms with Crippen molar-refractivity contribution in [3.63, 3.8) is 0 Å². The quantitative estimate of drug-likeness (QED) is 0.733. The van der Waals surface area contributed by atoms with Crippen LogP contribution in [-0.4, -0.2) is 15.9 Å². The van der Waals surface area contributed by atoms with Crippen LogP contribution in [0.1, 0.15) is 11.1 Å². The molecule has 0 radical (unpaired) electrons. The van der Waals surface area contributed by atoms with E-state index in [1.54, 1.807) is 30.7 Å². The van der Waals surface area contributed by atoms with Crippen molar-refractivity contribution in [3.05, 3.63) is 90.4 Å². The molecule has 0 aliphatic heterocycles. The Morgan fingerprint density at radius 2 is 1.79 bits per heavy atom. The average molecular weight is 315 g/mol. The van der Waals surface area contributed by atoms with Crippen molar-refractivity contribution in [1.29, 1.82) is 0 Å². The van der Waals surface area contributed by atoms with Crippen molar-refractivity contribution < 1.29 is 4.79 Å². The van der Waals surface area contributed by atoms with Crippen molar-refractivity contribution in [2.24, 2.45) is 0 Å². The van der Waals surface area contributed by atoms with Gasteiger partial charge in [-0.2, -0.15) is 0 Å². The number of carbonyl (C=O) groups excluding carboxylic acids is 1. The van der Waals surface area contributed by atoms with Crippen LogP contribution in [0, 0.1) is 0 Å². The number of nitrogens with zero attached hydrogens (tertiary/aromatic N) is 2. The number of hydrogen-bond acceptors (Lipinski definition) is 3. The van der Waals surface area contributed by atoms with Gasteiger partial charge in [0.25, 0.3) is 0 Å². The summed E-state index contributed by atoms with van der Waals surface area (Å²) < 4.78 is 0. The van der Waals surface area contributed by atoms with Gasteiger partial charge in [0.15, 0.2) is 0 Å². The Labute approximate surface area is 140 Å². The number of nitrogens with one attached hydrogen (secondary N) is 1. The zero-order valence-electron chi connectivity index (χ0n) is 13.1. The summed E-state index contributed by atoms with van der Waals surface area (Å²) in [4.78, 5) is 20.3. The molecule has 2 heterocycles. The number of pyridine rings is 2. The largest absolute Gasteiger partial charge is 0.348 e. The van der Waals surface area contributed by atoms with Gasteiger partial charge >= 0.3 is 0 Å². The summed E-state index contributed by atoms with van der Waals surface area (Å²) in [7, 11) is 0. The van der Waals surface area contributed by atoms with Crippen molar-refractivity contribution in [2.75, 3.05) is 0 Å². The summed E-state index contributed by atoms with van der Waals surface area (Å²) in [5, 5.41) is 2.88. The van der Waals surface area contributed by atoms with Crippen molar-refractivity contribution in [3.8, 4) is 11.3 Å². The summed E-state index contributed by atoms with van der Waals surface area (Å²) in [6.07, 6.45) is 8.56. The topological polar surface area (TPSA) is 54.9 Å². The maximum atomic E-state index is 11.9. The van der Waals surface area contributed by atoms with Crippen LogP contribution in [0.3, 0.4) is 0 Å². The van der Waals surface area contributed by atoms with Gasteiger partial charge in [-0.15, -0.1) is 0 Å². The van der Waals surface area contributed by atoms with Crippen LogP contribution in [0.4, 0.5) is 0 Å². The van der Waals surface area contributed by atoms with Crippen molar-refractivity contribution in [2.45, 2.75) is 6.54 Å². The van der Waals surface area contributed by atoms with Crippen LogP contribution >= 0.6 is 0 Å². The van der Waals surface area contributed by atoms with Crippen molar-refractivity contribution >= 4 is 12.0 Å². The molecule has 3 rings (SSSR count). The molecule has 0 bridgehead atoms. The minimum atomic E-state index is -0.124. The van der Waals surface area contributed by atoms with Gasteiger partial charge < -0.3 is 5.32 Å². The first-order chi connectivity index (χ1) is 11.8. The standard InChI is InChI=1S/C20H17N3O/c24-20(7-6-16-4-2-1-3-5-16)23-15-17-8-13-22-19(14-17)18-9-11-21-12-10-18/h1-14H,15H2,(H,23,24)/b7-6+. The molecule has 0 fully saturated rings. The van der Waals surface area contributed by atoms with E-state index in [1.165, 1.54) is 0 Å². The van der Waals surface area contributed by atoms with E-state index in [4.69, 9.17) is 0 Å². The fourth-order valence-corrected chi connectivity index (χ4v) is 2.25. The molecule has 4 nitrogen and oxygen atoms in total. The van der Waals surface area contributed by atoms with E-state index in [2.05, 4.69) is 15.3 Å². The molecule has 2 aromatic heterocycles. The van der Waals surface area contributed by atoms with Gasteiger partial charge in [-0.25, -0.2) is 0 Å². The van der Waals surface area contributed by atoms with E-state index < -0.39 is 0 Å². The second-order valence-electron chi connectivity index (χ2n) is 5.25. The molecule has 0 atom stereocenters.